The lowest BCUT2D eigenvalue weighted by Crippen LogP contribution is -1.98. The molecule has 3 heteroatoms. The molecular weight excluding hydrogens is 204 g/mol. The van der Waals surface area contributed by atoms with Gasteiger partial charge in [-0.2, -0.15) is 0 Å². The van der Waals surface area contributed by atoms with Crippen LogP contribution in [0.2, 0.25) is 0 Å². The van der Waals surface area contributed by atoms with Crippen LogP contribution in [-0.4, -0.2) is 6.16 Å². The monoisotopic (exact) mass is 226 g/mol. The lowest BCUT2D eigenvalue weighted by Gasteiger charge is -1.99. The molecule has 0 spiro atoms. The van der Waals surface area contributed by atoms with Crippen molar-refractivity contribution in [2.24, 2.45) is 11.8 Å². The minimum atomic E-state index is -0.694. The van der Waals surface area contributed by atoms with Crippen molar-refractivity contribution >= 4 is 6.16 Å². The number of hydrogen-bond donors (Lipinski definition) is 0. The highest BCUT2D eigenvalue weighted by Gasteiger charge is 1.97. The van der Waals surface area contributed by atoms with E-state index in [2.05, 4.69) is 27.7 Å². The quantitative estimate of drug-likeness (QED) is 0.501. The summed E-state index contributed by atoms with van der Waals surface area (Å²) in [6.45, 7) is 8.38. The van der Waals surface area contributed by atoms with Crippen LogP contribution >= 0.6 is 0 Å². The van der Waals surface area contributed by atoms with E-state index in [1.54, 1.807) is 0 Å². The molecule has 0 saturated carbocycles. The van der Waals surface area contributed by atoms with Crippen molar-refractivity contribution in [3.8, 4) is 0 Å². The van der Waals surface area contributed by atoms with Crippen molar-refractivity contribution in [2.75, 3.05) is 0 Å². The molecule has 0 heterocycles. The summed E-state index contributed by atoms with van der Waals surface area (Å²) >= 11 is 0. The first-order valence-corrected chi connectivity index (χ1v) is 5.69. The molecule has 0 aromatic carbocycles. The van der Waals surface area contributed by atoms with E-state index in [0.29, 0.717) is 11.8 Å². The third kappa shape index (κ3) is 10.8. The molecule has 0 bridgehead atoms. The molecular formula is C13H22O3. The van der Waals surface area contributed by atoms with Gasteiger partial charge >= 0.3 is 6.16 Å². The third-order valence-corrected chi connectivity index (χ3v) is 1.74. The average molecular weight is 226 g/mol. The molecule has 0 fully saturated rings. The third-order valence-electron chi connectivity index (χ3n) is 1.74. The fraction of sp³-hybridized carbons (Fsp3) is 0.615. The highest BCUT2D eigenvalue weighted by atomic mass is 16.7. The number of ether oxygens (including phenoxy) is 2. The number of carbonyl (C=O) groups excluding carboxylic acids is 1. The maximum atomic E-state index is 11.0. The van der Waals surface area contributed by atoms with E-state index < -0.39 is 6.16 Å². The summed E-state index contributed by atoms with van der Waals surface area (Å²) in [5.74, 6) is 1.11. The predicted molar refractivity (Wildman–Crippen MR) is 64.8 cm³/mol. The minimum absolute atomic E-state index is 0.557. The Morgan fingerprint density at radius 2 is 1.31 bits per heavy atom. The zero-order chi connectivity index (χ0) is 12.4. The van der Waals surface area contributed by atoms with Gasteiger partial charge in [0.1, 0.15) is 0 Å². The van der Waals surface area contributed by atoms with Gasteiger partial charge in [-0.15, -0.1) is 0 Å². The second kappa shape index (κ2) is 9.01. The number of rotatable bonds is 6. The first-order chi connectivity index (χ1) is 7.52. The topological polar surface area (TPSA) is 35.5 Å². The SMILES string of the molecule is CC(C)CC=COC(=O)OC=CCC(C)C. The summed E-state index contributed by atoms with van der Waals surface area (Å²) in [6, 6.07) is 0. The second-order valence-electron chi connectivity index (χ2n) is 4.49. The van der Waals surface area contributed by atoms with Crippen molar-refractivity contribution in [2.45, 2.75) is 40.5 Å². The van der Waals surface area contributed by atoms with Crippen molar-refractivity contribution in [1.29, 1.82) is 0 Å². The Morgan fingerprint density at radius 1 is 0.938 bits per heavy atom. The van der Waals surface area contributed by atoms with E-state index >= 15 is 0 Å². The van der Waals surface area contributed by atoms with Crippen LogP contribution in [0.3, 0.4) is 0 Å². The van der Waals surface area contributed by atoms with Gasteiger partial charge in [-0.25, -0.2) is 4.79 Å². The van der Waals surface area contributed by atoms with Crippen LogP contribution in [0.4, 0.5) is 4.79 Å². The van der Waals surface area contributed by atoms with E-state index in [-0.39, 0.29) is 0 Å². The van der Waals surface area contributed by atoms with Crippen molar-refractivity contribution in [3.05, 3.63) is 24.7 Å². The van der Waals surface area contributed by atoms with Crippen molar-refractivity contribution in [1.82, 2.24) is 0 Å². The molecule has 0 aliphatic heterocycles. The fourth-order valence-corrected chi connectivity index (χ4v) is 0.891. The molecule has 0 N–H and O–H groups in total. The van der Waals surface area contributed by atoms with Gasteiger partial charge < -0.3 is 9.47 Å². The van der Waals surface area contributed by atoms with Gasteiger partial charge in [0.25, 0.3) is 0 Å². The van der Waals surface area contributed by atoms with E-state index in [1.807, 2.05) is 12.2 Å². The largest absolute Gasteiger partial charge is 0.518 e. The number of hydrogen-bond acceptors (Lipinski definition) is 3. The minimum Gasteiger partial charge on any atom is -0.403 e. The average Bonchev–Trinajstić information content (AvgIpc) is 2.19. The summed E-state index contributed by atoms with van der Waals surface area (Å²) in [6.07, 6.45) is 7.44. The Balaban J connectivity index is 3.59. The molecule has 0 saturated heterocycles. The Kier molecular flexibility index (Phi) is 8.31. The molecule has 0 atom stereocenters. The molecule has 0 amide bonds. The Morgan fingerprint density at radius 3 is 1.62 bits per heavy atom. The molecule has 3 nitrogen and oxygen atoms in total. The Bertz CT molecular complexity index is 216. The number of carbonyl (C=O) groups is 1. The van der Waals surface area contributed by atoms with E-state index in [4.69, 9.17) is 9.47 Å². The van der Waals surface area contributed by atoms with Crippen molar-refractivity contribution in [3.63, 3.8) is 0 Å². The molecule has 0 aliphatic carbocycles. The first kappa shape index (κ1) is 14.8. The molecule has 0 aliphatic rings. The van der Waals surface area contributed by atoms with Gasteiger partial charge in [-0.3, -0.25) is 0 Å². The summed E-state index contributed by atoms with van der Waals surface area (Å²) in [4.78, 5) is 11.0. The maximum absolute atomic E-state index is 11.0. The van der Waals surface area contributed by atoms with Gasteiger partial charge in [0.15, 0.2) is 0 Å². The lowest BCUT2D eigenvalue weighted by atomic mass is 10.1. The molecule has 0 aromatic heterocycles. The van der Waals surface area contributed by atoms with Gasteiger partial charge in [-0.1, -0.05) is 27.7 Å². The zero-order valence-corrected chi connectivity index (χ0v) is 10.6. The standard InChI is InChI=1S/C13H22O3/c1-11(2)7-5-9-15-13(14)16-10-6-8-12(3)4/h5-6,9-12H,7-8H2,1-4H3. The van der Waals surface area contributed by atoms with Gasteiger partial charge in [0.2, 0.25) is 0 Å². The molecule has 0 radical (unpaired) electrons. The number of allylic oxidation sites excluding steroid dienone is 2. The van der Waals surface area contributed by atoms with Crippen LogP contribution in [0.5, 0.6) is 0 Å². The van der Waals surface area contributed by atoms with Gasteiger partial charge in [-0.05, 0) is 36.8 Å². The van der Waals surface area contributed by atoms with Crippen LogP contribution in [0.25, 0.3) is 0 Å². The van der Waals surface area contributed by atoms with Crippen molar-refractivity contribution < 1.29 is 14.3 Å². The van der Waals surface area contributed by atoms with Crippen LogP contribution in [0.15, 0.2) is 24.7 Å². The molecule has 0 unspecified atom stereocenters. The summed E-state index contributed by atoms with van der Waals surface area (Å²) < 4.78 is 9.41. The summed E-state index contributed by atoms with van der Waals surface area (Å²) in [5, 5.41) is 0. The maximum Gasteiger partial charge on any atom is 0.518 e. The van der Waals surface area contributed by atoms with Crippen LogP contribution in [0.1, 0.15) is 40.5 Å². The molecule has 0 aromatic rings. The molecule has 92 valence electrons. The van der Waals surface area contributed by atoms with Gasteiger partial charge in [0, 0.05) is 0 Å². The van der Waals surface area contributed by atoms with Gasteiger partial charge in [0.05, 0.1) is 12.5 Å². The smallest absolute Gasteiger partial charge is 0.403 e. The first-order valence-electron chi connectivity index (χ1n) is 5.69. The molecule has 16 heavy (non-hydrogen) atoms. The van der Waals surface area contributed by atoms with Crippen LogP contribution < -0.4 is 0 Å². The van der Waals surface area contributed by atoms with E-state index in [0.717, 1.165) is 12.8 Å². The van der Waals surface area contributed by atoms with E-state index in [9.17, 15) is 4.79 Å². The summed E-state index contributed by atoms with van der Waals surface area (Å²) in [5.41, 5.74) is 0. The van der Waals surface area contributed by atoms with Crippen LogP contribution in [-0.2, 0) is 9.47 Å². The predicted octanol–water partition coefficient (Wildman–Crippen LogP) is 4.26. The Hall–Kier alpha value is -1.25. The zero-order valence-electron chi connectivity index (χ0n) is 10.6. The highest BCUT2D eigenvalue weighted by Crippen LogP contribution is 2.01. The molecule has 0 rings (SSSR count). The highest BCUT2D eigenvalue weighted by molar-refractivity contribution is 5.61. The van der Waals surface area contributed by atoms with Crippen LogP contribution in [0, 0.1) is 11.8 Å². The fourth-order valence-electron chi connectivity index (χ4n) is 0.891. The summed E-state index contributed by atoms with van der Waals surface area (Å²) in [7, 11) is 0. The van der Waals surface area contributed by atoms with E-state index in [1.165, 1.54) is 12.5 Å². The Labute approximate surface area is 98.1 Å². The lowest BCUT2D eigenvalue weighted by molar-refractivity contribution is 0.119. The normalized spacial score (nSPS) is 11.9. The second-order valence-corrected chi connectivity index (χ2v) is 4.49.